The van der Waals surface area contributed by atoms with E-state index in [0.717, 1.165) is 19.4 Å². The Morgan fingerprint density at radius 2 is 1.54 bits per heavy atom. The first kappa shape index (κ1) is 18.2. The van der Waals surface area contributed by atoms with Crippen LogP contribution in [0.5, 0.6) is 0 Å². The van der Waals surface area contributed by atoms with Crippen molar-refractivity contribution < 1.29 is 4.79 Å². The van der Waals surface area contributed by atoms with Crippen LogP contribution in [0.4, 0.5) is 0 Å². The molecule has 128 valence electrons. The van der Waals surface area contributed by atoms with E-state index in [2.05, 4.69) is 55.6 Å². The van der Waals surface area contributed by atoms with Crippen LogP contribution in [0.25, 0.3) is 0 Å². The topological polar surface area (TPSA) is 32.3 Å². The van der Waals surface area contributed by atoms with Gasteiger partial charge in [0, 0.05) is 12.6 Å². The quantitative estimate of drug-likeness (QED) is 0.714. The first-order chi connectivity index (χ1) is 11.7. The Morgan fingerprint density at radius 3 is 2.12 bits per heavy atom. The molecular weight excluding hydrogens is 296 g/mol. The van der Waals surface area contributed by atoms with Gasteiger partial charge >= 0.3 is 0 Å². The van der Waals surface area contributed by atoms with Crippen molar-refractivity contribution in [2.75, 3.05) is 13.1 Å². The Hall–Kier alpha value is -2.13. The summed E-state index contributed by atoms with van der Waals surface area (Å²) in [5.41, 5.74) is 2.52. The fourth-order valence-electron chi connectivity index (χ4n) is 2.70. The Balaban J connectivity index is 1.72. The number of aryl methyl sites for hydroxylation is 1. The molecule has 0 radical (unpaired) electrons. The summed E-state index contributed by atoms with van der Waals surface area (Å²) in [6.45, 7) is 6.06. The molecule has 0 atom stereocenters. The molecular formula is C21H28N2O. The van der Waals surface area contributed by atoms with Crippen molar-refractivity contribution >= 4 is 5.91 Å². The van der Waals surface area contributed by atoms with Crippen LogP contribution in [0.15, 0.2) is 60.7 Å². The minimum absolute atomic E-state index is 0.161. The highest BCUT2D eigenvalue weighted by atomic mass is 16.2. The molecule has 0 fully saturated rings. The number of hydrogen-bond donors (Lipinski definition) is 1. The van der Waals surface area contributed by atoms with Crippen molar-refractivity contribution in [1.82, 2.24) is 10.2 Å². The van der Waals surface area contributed by atoms with Crippen LogP contribution in [0.1, 0.15) is 31.4 Å². The van der Waals surface area contributed by atoms with E-state index in [4.69, 9.17) is 0 Å². The average Bonchev–Trinajstić information content (AvgIpc) is 2.60. The van der Waals surface area contributed by atoms with Gasteiger partial charge < -0.3 is 10.2 Å². The lowest BCUT2D eigenvalue weighted by atomic mass is 10.1. The number of carbonyl (C=O) groups excluding carboxylic acids is 1. The largest absolute Gasteiger partial charge is 0.335 e. The van der Waals surface area contributed by atoms with E-state index in [1.165, 1.54) is 11.1 Å². The van der Waals surface area contributed by atoms with Gasteiger partial charge in [-0.25, -0.2) is 0 Å². The third-order valence-corrected chi connectivity index (χ3v) is 4.08. The fourth-order valence-corrected chi connectivity index (χ4v) is 2.70. The van der Waals surface area contributed by atoms with Crippen molar-refractivity contribution in [2.24, 2.45) is 0 Å². The van der Waals surface area contributed by atoms with Crippen molar-refractivity contribution in [1.29, 1.82) is 0 Å². The van der Waals surface area contributed by atoms with E-state index in [-0.39, 0.29) is 11.9 Å². The molecule has 0 saturated heterocycles. The summed E-state index contributed by atoms with van der Waals surface area (Å²) in [7, 11) is 0. The molecule has 0 bridgehead atoms. The normalized spacial score (nSPS) is 10.8. The predicted octanol–water partition coefficient (Wildman–Crippen LogP) is 3.65. The Morgan fingerprint density at radius 1 is 0.958 bits per heavy atom. The molecule has 24 heavy (non-hydrogen) atoms. The van der Waals surface area contributed by atoms with E-state index < -0.39 is 0 Å². The molecule has 0 spiro atoms. The van der Waals surface area contributed by atoms with Gasteiger partial charge in [-0.05, 0) is 44.4 Å². The van der Waals surface area contributed by atoms with Crippen LogP contribution < -0.4 is 5.32 Å². The third-order valence-electron chi connectivity index (χ3n) is 4.08. The highest BCUT2D eigenvalue weighted by Crippen LogP contribution is 2.08. The Bertz CT molecular complexity index is 596. The molecule has 2 aromatic carbocycles. The van der Waals surface area contributed by atoms with E-state index in [9.17, 15) is 4.79 Å². The summed E-state index contributed by atoms with van der Waals surface area (Å²) in [5, 5.41) is 3.29. The smallest absolute Gasteiger partial charge is 0.237 e. The third kappa shape index (κ3) is 6.17. The highest BCUT2D eigenvalue weighted by Gasteiger charge is 2.16. The lowest BCUT2D eigenvalue weighted by Crippen LogP contribution is -2.42. The predicted molar refractivity (Wildman–Crippen MR) is 99.8 cm³/mol. The highest BCUT2D eigenvalue weighted by molar-refractivity contribution is 5.78. The van der Waals surface area contributed by atoms with Crippen LogP contribution in [0.3, 0.4) is 0 Å². The zero-order valence-corrected chi connectivity index (χ0v) is 14.7. The summed E-state index contributed by atoms with van der Waals surface area (Å²) in [6.07, 6.45) is 2.08. The maximum atomic E-state index is 12.5. The minimum atomic E-state index is 0.161. The number of nitrogens with zero attached hydrogens (tertiary/aromatic N) is 1. The molecule has 1 N–H and O–H groups in total. The van der Waals surface area contributed by atoms with Gasteiger partial charge in [0.15, 0.2) is 0 Å². The minimum Gasteiger partial charge on any atom is -0.335 e. The van der Waals surface area contributed by atoms with Gasteiger partial charge in [0.2, 0.25) is 5.91 Å². The SMILES string of the molecule is CC(C)N(Cc1ccccc1)C(=O)CNCCCc1ccccc1. The molecule has 1 amide bonds. The van der Waals surface area contributed by atoms with E-state index >= 15 is 0 Å². The van der Waals surface area contributed by atoms with Gasteiger partial charge in [-0.15, -0.1) is 0 Å². The van der Waals surface area contributed by atoms with Crippen molar-refractivity contribution in [2.45, 2.75) is 39.3 Å². The number of benzene rings is 2. The van der Waals surface area contributed by atoms with Crippen LogP contribution >= 0.6 is 0 Å². The van der Waals surface area contributed by atoms with E-state index in [1.807, 2.05) is 29.2 Å². The van der Waals surface area contributed by atoms with Gasteiger partial charge in [0.1, 0.15) is 0 Å². The summed E-state index contributed by atoms with van der Waals surface area (Å²) >= 11 is 0. The van der Waals surface area contributed by atoms with E-state index in [1.54, 1.807) is 0 Å². The monoisotopic (exact) mass is 324 g/mol. The molecule has 0 unspecified atom stereocenters. The molecule has 0 heterocycles. The molecule has 3 heteroatoms. The Kier molecular flexibility index (Phi) is 7.50. The Labute approximate surface area is 145 Å². The van der Waals surface area contributed by atoms with Crippen molar-refractivity contribution in [3.63, 3.8) is 0 Å². The first-order valence-electron chi connectivity index (χ1n) is 8.75. The maximum absolute atomic E-state index is 12.5. The number of nitrogens with one attached hydrogen (secondary N) is 1. The molecule has 2 aromatic rings. The number of hydrogen-bond acceptors (Lipinski definition) is 2. The van der Waals surface area contributed by atoms with Crippen LogP contribution in [0, 0.1) is 0 Å². The van der Waals surface area contributed by atoms with Gasteiger partial charge in [-0.1, -0.05) is 60.7 Å². The van der Waals surface area contributed by atoms with Crippen molar-refractivity contribution in [3.8, 4) is 0 Å². The average molecular weight is 324 g/mol. The molecule has 0 aromatic heterocycles. The zero-order valence-electron chi connectivity index (χ0n) is 14.7. The van der Waals surface area contributed by atoms with E-state index in [0.29, 0.717) is 13.1 Å². The lowest BCUT2D eigenvalue weighted by Gasteiger charge is -2.27. The zero-order chi connectivity index (χ0) is 17.2. The summed E-state index contributed by atoms with van der Waals surface area (Å²) in [6, 6.07) is 20.8. The summed E-state index contributed by atoms with van der Waals surface area (Å²) in [4.78, 5) is 14.4. The van der Waals surface area contributed by atoms with Crippen LogP contribution in [-0.2, 0) is 17.8 Å². The van der Waals surface area contributed by atoms with Crippen molar-refractivity contribution in [3.05, 3.63) is 71.8 Å². The first-order valence-corrected chi connectivity index (χ1v) is 8.75. The molecule has 0 aliphatic rings. The van der Waals surface area contributed by atoms with Crippen LogP contribution in [0.2, 0.25) is 0 Å². The molecule has 0 aliphatic heterocycles. The fraction of sp³-hybridized carbons (Fsp3) is 0.381. The second-order valence-corrected chi connectivity index (χ2v) is 6.37. The second kappa shape index (κ2) is 9.89. The van der Waals surface area contributed by atoms with Gasteiger partial charge in [-0.2, -0.15) is 0 Å². The number of rotatable bonds is 9. The lowest BCUT2D eigenvalue weighted by molar-refractivity contribution is -0.132. The standard InChI is InChI=1S/C21H28N2O/c1-18(2)23(17-20-12-7-4-8-13-20)21(24)16-22-15-9-14-19-10-5-3-6-11-19/h3-8,10-13,18,22H,9,14-17H2,1-2H3. The molecule has 2 rings (SSSR count). The van der Waals surface area contributed by atoms with Gasteiger partial charge in [-0.3, -0.25) is 4.79 Å². The number of amides is 1. The molecule has 3 nitrogen and oxygen atoms in total. The summed E-state index contributed by atoms with van der Waals surface area (Å²) < 4.78 is 0. The van der Waals surface area contributed by atoms with Gasteiger partial charge in [0.05, 0.1) is 6.54 Å². The molecule has 0 saturated carbocycles. The number of carbonyl (C=O) groups is 1. The maximum Gasteiger partial charge on any atom is 0.237 e. The second-order valence-electron chi connectivity index (χ2n) is 6.37. The summed E-state index contributed by atoms with van der Waals surface area (Å²) in [5.74, 6) is 0.161. The van der Waals surface area contributed by atoms with Crippen LogP contribution in [-0.4, -0.2) is 29.9 Å². The van der Waals surface area contributed by atoms with Gasteiger partial charge in [0.25, 0.3) is 0 Å². The molecule has 0 aliphatic carbocycles.